The first-order chi connectivity index (χ1) is 13.2. The molecule has 0 aliphatic heterocycles. The lowest BCUT2D eigenvalue weighted by Crippen LogP contribution is -2.33. The fourth-order valence-electron chi connectivity index (χ4n) is 2.67. The molecule has 0 aliphatic rings. The average molecular weight is 364 g/mol. The number of amides is 1. The second-order valence-electron chi connectivity index (χ2n) is 5.84. The van der Waals surface area contributed by atoms with E-state index in [-0.39, 0.29) is 18.6 Å². The van der Waals surface area contributed by atoms with Gasteiger partial charge in [-0.3, -0.25) is 4.79 Å². The van der Waals surface area contributed by atoms with Gasteiger partial charge in [0.05, 0.1) is 13.2 Å². The van der Waals surface area contributed by atoms with Gasteiger partial charge in [0.25, 0.3) is 5.91 Å². The predicted octanol–water partition coefficient (Wildman–Crippen LogP) is 3.09. The summed E-state index contributed by atoms with van der Waals surface area (Å²) in [6, 6.07) is 19.9. The number of ether oxygens (including phenoxy) is 2. The van der Waals surface area contributed by atoms with Gasteiger partial charge in [-0.1, -0.05) is 42.5 Å². The van der Waals surface area contributed by atoms with E-state index in [1.54, 1.807) is 25.4 Å². The molecule has 0 saturated heterocycles. The van der Waals surface area contributed by atoms with Crippen LogP contribution in [-0.2, 0) is 9.53 Å². The van der Waals surface area contributed by atoms with Crippen LogP contribution in [0.2, 0.25) is 0 Å². The monoisotopic (exact) mass is 364 g/mol. The molecule has 0 aliphatic carbocycles. The summed E-state index contributed by atoms with van der Waals surface area (Å²) in [6.07, 6.45) is 1.62. The number of carbonyl (C=O) groups excluding carboxylic acids is 2. The van der Waals surface area contributed by atoms with Crippen molar-refractivity contribution in [3.8, 4) is 5.75 Å². The van der Waals surface area contributed by atoms with Crippen molar-refractivity contribution in [2.75, 3.05) is 13.7 Å². The molecule has 1 atom stereocenters. The Bertz CT molecular complexity index is 874. The maximum absolute atomic E-state index is 12.4. The summed E-state index contributed by atoms with van der Waals surface area (Å²) in [5.41, 5.74) is 2.12. The van der Waals surface area contributed by atoms with Crippen LogP contribution < -0.4 is 10.1 Å². The lowest BCUT2D eigenvalue weighted by Gasteiger charge is -2.20. The highest BCUT2D eigenvalue weighted by atomic mass is 16.5. The highest BCUT2D eigenvalue weighted by molar-refractivity contribution is 5.89. The Labute approximate surface area is 157 Å². The van der Waals surface area contributed by atoms with Gasteiger partial charge in [0.2, 0.25) is 0 Å². The number of nitrogens with one attached hydrogen (secondary N) is 2. The minimum absolute atomic E-state index is 0.303. The molecule has 6 heteroatoms. The molecule has 2 aromatic carbocycles. The van der Waals surface area contributed by atoms with Crippen LogP contribution in [0.1, 0.15) is 27.7 Å². The SMILES string of the molecule is COc1ccc([C@@H](NC(=O)COC(=O)c2ccc[nH]2)c2ccccc2)cc1. The quantitative estimate of drug-likeness (QED) is 0.632. The summed E-state index contributed by atoms with van der Waals surface area (Å²) >= 11 is 0. The summed E-state index contributed by atoms with van der Waals surface area (Å²) in [4.78, 5) is 27.0. The molecule has 138 valence electrons. The van der Waals surface area contributed by atoms with Gasteiger partial charge in [-0.05, 0) is 35.4 Å². The Kier molecular flexibility index (Phi) is 5.89. The number of H-pyrrole nitrogens is 1. The molecule has 1 aromatic heterocycles. The Morgan fingerprint density at radius 2 is 1.67 bits per heavy atom. The van der Waals surface area contributed by atoms with Crippen LogP contribution in [0.4, 0.5) is 0 Å². The van der Waals surface area contributed by atoms with Gasteiger partial charge in [0, 0.05) is 6.20 Å². The molecular formula is C21H20N2O4. The Morgan fingerprint density at radius 3 is 2.30 bits per heavy atom. The molecular weight excluding hydrogens is 344 g/mol. The van der Waals surface area contributed by atoms with Crippen molar-refractivity contribution in [3.63, 3.8) is 0 Å². The maximum Gasteiger partial charge on any atom is 0.355 e. The number of carbonyl (C=O) groups is 2. The molecule has 1 heterocycles. The molecule has 6 nitrogen and oxygen atoms in total. The van der Waals surface area contributed by atoms with E-state index >= 15 is 0 Å². The molecule has 0 unspecified atom stereocenters. The molecule has 0 spiro atoms. The lowest BCUT2D eigenvalue weighted by molar-refractivity contribution is -0.124. The molecule has 0 bridgehead atoms. The van der Waals surface area contributed by atoms with Crippen molar-refractivity contribution in [1.29, 1.82) is 0 Å². The van der Waals surface area contributed by atoms with Gasteiger partial charge >= 0.3 is 5.97 Å². The number of esters is 1. The van der Waals surface area contributed by atoms with Gasteiger partial charge in [-0.2, -0.15) is 0 Å². The largest absolute Gasteiger partial charge is 0.497 e. The molecule has 0 radical (unpaired) electrons. The molecule has 3 aromatic rings. The summed E-state index contributed by atoms with van der Waals surface area (Å²) in [7, 11) is 1.60. The van der Waals surface area contributed by atoms with E-state index in [0.717, 1.165) is 16.9 Å². The van der Waals surface area contributed by atoms with Crippen molar-refractivity contribution >= 4 is 11.9 Å². The first-order valence-corrected chi connectivity index (χ1v) is 8.46. The van der Waals surface area contributed by atoms with Gasteiger partial charge in [-0.15, -0.1) is 0 Å². The van der Waals surface area contributed by atoms with Crippen molar-refractivity contribution in [2.24, 2.45) is 0 Å². The fraction of sp³-hybridized carbons (Fsp3) is 0.143. The van der Waals surface area contributed by atoms with Gasteiger partial charge in [0.15, 0.2) is 6.61 Å². The van der Waals surface area contributed by atoms with Crippen molar-refractivity contribution < 1.29 is 19.1 Å². The lowest BCUT2D eigenvalue weighted by atomic mass is 9.98. The first kappa shape index (κ1) is 18.3. The second-order valence-corrected chi connectivity index (χ2v) is 5.84. The van der Waals surface area contributed by atoms with Crippen LogP contribution in [0.5, 0.6) is 5.75 Å². The Balaban J connectivity index is 1.71. The summed E-state index contributed by atoms with van der Waals surface area (Å²) < 4.78 is 10.2. The molecule has 1 amide bonds. The number of rotatable bonds is 7. The van der Waals surface area contributed by atoms with Crippen LogP contribution in [-0.4, -0.2) is 30.6 Å². The third-order valence-corrected chi connectivity index (χ3v) is 4.04. The van der Waals surface area contributed by atoms with E-state index in [4.69, 9.17) is 9.47 Å². The average Bonchev–Trinajstić information content (AvgIpc) is 3.26. The predicted molar refractivity (Wildman–Crippen MR) is 100 cm³/mol. The summed E-state index contributed by atoms with van der Waals surface area (Å²) in [5, 5.41) is 2.92. The second kappa shape index (κ2) is 8.71. The van der Waals surface area contributed by atoms with E-state index in [0.29, 0.717) is 5.69 Å². The van der Waals surface area contributed by atoms with Crippen LogP contribution in [0, 0.1) is 0 Å². The highest BCUT2D eigenvalue weighted by Crippen LogP contribution is 2.24. The third kappa shape index (κ3) is 4.76. The van der Waals surface area contributed by atoms with E-state index in [2.05, 4.69) is 10.3 Å². The zero-order valence-corrected chi connectivity index (χ0v) is 14.8. The van der Waals surface area contributed by atoms with Crippen LogP contribution in [0.3, 0.4) is 0 Å². The zero-order chi connectivity index (χ0) is 19.1. The van der Waals surface area contributed by atoms with Gasteiger partial charge in [0.1, 0.15) is 11.4 Å². The molecule has 27 heavy (non-hydrogen) atoms. The number of hydrogen-bond donors (Lipinski definition) is 2. The molecule has 2 N–H and O–H groups in total. The maximum atomic E-state index is 12.4. The molecule has 0 saturated carbocycles. The zero-order valence-electron chi connectivity index (χ0n) is 14.8. The standard InChI is InChI=1S/C21H20N2O4/c1-26-17-11-9-16(10-12-17)20(15-6-3-2-4-7-15)23-19(24)14-27-21(25)18-8-5-13-22-18/h2-13,20,22H,14H2,1H3,(H,23,24)/t20-/m0/s1. The number of benzene rings is 2. The minimum atomic E-state index is -0.573. The van der Waals surface area contributed by atoms with E-state index in [9.17, 15) is 9.59 Å². The number of methoxy groups -OCH3 is 1. The summed E-state index contributed by atoms with van der Waals surface area (Å²) in [5.74, 6) is -0.229. The summed E-state index contributed by atoms with van der Waals surface area (Å²) in [6.45, 7) is -0.364. The van der Waals surface area contributed by atoms with Crippen molar-refractivity contribution in [1.82, 2.24) is 10.3 Å². The third-order valence-electron chi connectivity index (χ3n) is 4.04. The van der Waals surface area contributed by atoms with Gasteiger partial charge < -0.3 is 19.8 Å². The van der Waals surface area contributed by atoms with Gasteiger partial charge in [-0.25, -0.2) is 4.79 Å². The van der Waals surface area contributed by atoms with Crippen LogP contribution in [0.15, 0.2) is 72.9 Å². The highest BCUT2D eigenvalue weighted by Gasteiger charge is 2.18. The molecule has 3 rings (SSSR count). The van der Waals surface area contributed by atoms with E-state index < -0.39 is 5.97 Å². The Morgan fingerprint density at radius 1 is 0.963 bits per heavy atom. The minimum Gasteiger partial charge on any atom is -0.497 e. The molecule has 0 fully saturated rings. The van der Waals surface area contributed by atoms with Crippen molar-refractivity contribution in [2.45, 2.75) is 6.04 Å². The Hall–Kier alpha value is -3.54. The number of aromatic nitrogens is 1. The smallest absolute Gasteiger partial charge is 0.355 e. The van der Waals surface area contributed by atoms with Crippen LogP contribution in [0.25, 0.3) is 0 Å². The number of aromatic amines is 1. The van der Waals surface area contributed by atoms with E-state index in [1.165, 1.54) is 0 Å². The van der Waals surface area contributed by atoms with E-state index in [1.807, 2.05) is 54.6 Å². The van der Waals surface area contributed by atoms with Crippen molar-refractivity contribution in [3.05, 3.63) is 89.7 Å². The van der Waals surface area contributed by atoms with Crippen LogP contribution >= 0.6 is 0 Å². The fourth-order valence-corrected chi connectivity index (χ4v) is 2.67. The normalized spacial score (nSPS) is 11.4. The first-order valence-electron chi connectivity index (χ1n) is 8.46. The number of hydrogen-bond acceptors (Lipinski definition) is 4. The topological polar surface area (TPSA) is 80.4 Å².